The van der Waals surface area contributed by atoms with Gasteiger partial charge in [-0.25, -0.2) is 0 Å². The van der Waals surface area contributed by atoms with E-state index in [1.54, 1.807) is 12.4 Å². The van der Waals surface area contributed by atoms with Gasteiger partial charge < -0.3 is 5.11 Å². The Kier molecular flexibility index (Phi) is 4.15. The summed E-state index contributed by atoms with van der Waals surface area (Å²) in [5, 5.41) is 10.7. The Morgan fingerprint density at radius 2 is 1.94 bits per heavy atom. The van der Waals surface area contributed by atoms with E-state index in [1.807, 2.05) is 30.3 Å². The van der Waals surface area contributed by atoms with E-state index in [-0.39, 0.29) is 0 Å². The number of rotatable bonds is 3. The molecule has 0 aliphatic carbocycles. The minimum absolute atomic E-state index is 0.489. The first-order valence-corrected chi connectivity index (χ1v) is 6.36. The topological polar surface area (TPSA) is 33.1 Å². The number of pyridine rings is 1. The molecule has 88 valence electrons. The van der Waals surface area contributed by atoms with Crippen LogP contribution in [0.3, 0.4) is 0 Å². The second kappa shape index (κ2) is 5.63. The van der Waals surface area contributed by atoms with Gasteiger partial charge in [-0.2, -0.15) is 0 Å². The Balaban J connectivity index is 2.14. The van der Waals surface area contributed by atoms with Crippen molar-refractivity contribution in [1.29, 1.82) is 0 Å². The van der Waals surface area contributed by atoms with Gasteiger partial charge in [-0.3, -0.25) is 4.98 Å². The summed E-state index contributed by atoms with van der Waals surface area (Å²) < 4.78 is 0.996. The summed E-state index contributed by atoms with van der Waals surface area (Å²) in [6.07, 6.45) is 3.20. The van der Waals surface area contributed by atoms with Crippen molar-refractivity contribution in [3.05, 3.63) is 63.3 Å². The van der Waals surface area contributed by atoms with Crippen molar-refractivity contribution in [2.45, 2.75) is 12.5 Å². The highest BCUT2D eigenvalue weighted by Crippen LogP contribution is 2.23. The smallest absolute Gasteiger partial charge is 0.0830 e. The van der Waals surface area contributed by atoms with Crippen LogP contribution in [-0.4, -0.2) is 10.1 Å². The zero-order chi connectivity index (χ0) is 12.3. The second-order valence-corrected chi connectivity index (χ2v) is 5.06. The molecule has 1 heterocycles. The molecule has 17 heavy (non-hydrogen) atoms. The molecule has 1 aromatic heterocycles. The Hall–Kier alpha value is -0.900. The van der Waals surface area contributed by atoms with Gasteiger partial charge >= 0.3 is 0 Å². The highest BCUT2D eigenvalue weighted by Gasteiger charge is 2.10. The van der Waals surface area contributed by atoms with Gasteiger partial charge in [0.1, 0.15) is 0 Å². The van der Waals surface area contributed by atoms with E-state index in [0.717, 1.165) is 15.6 Å². The van der Waals surface area contributed by atoms with Crippen molar-refractivity contribution in [2.75, 3.05) is 0 Å². The van der Waals surface area contributed by atoms with Gasteiger partial charge in [-0.15, -0.1) is 0 Å². The van der Waals surface area contributed by atoms with Crippen LogP contribution in [0.25, 0.3) is 0 Å². The Labute approximate surface area is 113 Å². The lowest BCUT2D eigenvalue weighted by molar-refractivity contribution is 0.178. The number of aliphatic hydroxyl groups is 1. The molecule has 1 atom stereocenters. The second-order valence-electron chi connectivity index (χ2n) is 3.74. The van der Waals surface area contributed by atoms with Crippen LogP contribution in [0.2, 0.25) is 5.02 Å². The fourth-order valence-corrected chi connectivity index (χ4v) is 2.04. The van der Waals surface area contributed by atoms with Crippen LogP contribution in [0, 0.1) is 0 Å². The summed E-state index contributed by atoms with van der Waals surface area (Å²) >= 11 is 9.36. The number of aliphatic hydroxyl groups excluding tert-OH is 1. The molecular weight excluding hydrogens is 302 g/mol. The number of nitrogens with zero attached hydrogens (tertiary/aromatic N) is 1. The van der Waals surface area contributed by atoms with Gasteiger partial charge in [0.05, 0.1) is 11.1 Å². The van der Waals surface area contributed by atoms with Gasteiger partial charge in [0.2, 0.25) is 0 Å². The van der Waals surface area contributed by atoms with Crippen LogP contribution in [0.4, 0.5) is 0 Å². The maximum atomic E-state index is 10.1. The quantitative estimate of drug-likeness (QED) is 0.936. The number of hydrogen-bond acceptors (Lipinski definition) is 2. The monoisotopic (exact) mass is 311 g/mol. The Morgan fingerprint density at radius 1 is 1.24 bits per heavy atom. The molecule has 2 nitrogen and oxygen atoms in total. The Bertz CT molecular complexity index is 501. The third-order valence-electron chi connectivity index (χ3n) is 2.52. The van der Waals surface area contributed by atoms with Gasteiger partial charge in [0.15, 0.2) is 0 Å². The average molecular weight is 313 g/mol. The molecule has 0 aliphatic rings. The van der Waals surface area contributed by atoms with E-state index in [1.165, 1.54) is 0 Å². The molecule has 0 saturated heterocycles. The average Bonchev–Trinajstić information content (AvgIpc) is 2.33. The molecule has 4 heteroatoms. The van der Waals surface area contributed by atoms with Gasteiger partial charge in [-0.05, 0) is 29.3 Å². The molecule has 0 amide bonds. The van der Waals surface area contributed by atoms with E-state index < -0.39 is 6.10 Å². The molecule has 1 N–H and O–H groups in total. The summed E-state index contributed by atoms with van der Waals surface area (Å²) in [4.78, 5) is 3.92. The molecule has 0 spiro atoms. The van der Waals surface area contributed by atoms with Crippen LogP contribution in [0.15, 0.2) is 47.2 Å². The number of aromatic nitrogens is 1. The van der Waals surface area contributed by atoms with Crippen molar-refractivity contribution in [1.82, 2.24) is 4.98 Å². The third-order valence-corrected chi connectivity index (χ3v) is 3.39. The van der Waals surface area contributed by atoms with Crippen molar-refractivity contribution >= 4 is 27.5 Å². The fourth-order valence-electron chi connectivity index (χ4n) is 1.58. The zero-order valence-electron chi connectivity index (χ0n) is 8.98. The number of hydrogen-bond donors (Lipinski definition) is 1. The van der Waals surface area contributed by atoms with Crippen LogP contribution in [0.1, 0.15) is 17.2 Å². The van der Waals surface area contributed by atoms with Crippen LogP contribution >= 0.6 is 27.5 Å². The molecule has 0 aliphatic heterocycles. The van der Waals surface area contributed by atoms with E-state index in [9.17, 15) is 5.11 Å². The van der Waals surface area contributed by atoms with E-state index >= 15 is 0 Å². The summed E-state index contributed by atoms with van der Waals surface area (Å²) in [6.45, 7) is 0. The van der Waals surface area contributed by atoms with E-state index in [0.29, 0.717) is 11.4 Å². The molecule has 1 aromatic carbocycles. The lowest BCUT2D eigenvalue weighted by Gasteiger charge is -2.12. The first-order chi connectivity index (χ1) is 8.16. The summed E-state index contributed by atoms with van der Waals surface area (Å²) in [6, 6.07) is 9.43. The standard InChI is InChI=1S/C13H11BrClNO/c14-11-3-1-9(2-4-11)13(17)7-10-5-6-16-8-12(10)15/h1-6,8,13,17H,7H2. The number of halogens is 2. The summed E-state index contributed by atoms with van der Waals surface area (Å²) in [5.41, 5.74) is 1.78. The van der Waals surface area contributed by atoms with Crippen molar-refractivity contribution < 1.29 is 5.11 Å². The van der Waals surface area contributed by atoms with Crippen LogP contribution in [-0.2, 0) is 6.42 Å². The van der Waals surface area contributed by atoms with Crippen LogP contribution in [0.5, 0.6) is 0 Å². The number of benzene rings is 1. The largest absolute Gasteiger partial charge is 0.388 e. The van der Waals surface area contributed by atoms with Crippen molar-refractivity contribution in [3.63, 3.8) is 0 Å². The predicted octanol–water partition coefficient (Wildman–Crippen LogP) is 3.77. The molecule has 0 fully saturated rings. The Morgan fingerprint density at radius 3 is 2.59 bits per heavy atom. The maximum absolute atomic E-state index is 10.1. The minimum atomic E-state index is -0.553. The molecule has 2 aromatic rings. The van der Waals surface area contributed by atoms with Crippen molar-refractivity contribution in [2.24, 2.45) is 0 Å². The molecular formula is C13H11BrClNO. The van der Waals surface area contributed by atoms with Crippen molar-refractivity contribution in [3.8, 4) is 0 Å². The van der Waals surface area contributed by atoms with E-state index in [4.69, 9.17) is 11.6 Å². The van der Waals surface area contributed by atoms with E-state index in [2.05, 4.69) is 20.9 Å². The van der Waals surface area contributed by atoms with Gasteiger partial charge in [0, 0.05) is 23.3 Å². The van der Waals surface area contributed by atoms with Crippen LogP contribution < -0.4 is 0 Å². The zero-order valence-corrected chi connectivity index (χ0v) is 11.3. The lowest BCUT2D eigenvalue weighted by Crippen LogP contribution is -2.02. The van der Waals surface area contributed by atoms with Gasteiger partial charge in [0.25, 0.3) is 0 Å². The molecule has 0 radical (unpaired) electrons. The lowest BCUT2D eigenvalue weighted by atomic mass is 10.0. The predicted molar refractivity (Wildman–Crippen MR) is 72.1 cm³/mol. The molecule has 0 saturated carbocycles. The fraction of sp³-hybridized carbons (Fsp3) is 0.154. The summed E-state index contributed by atoms with van der Waals surface area (Å²) in [7, 11) is 0. The maximum Gasteiger partial charge on any atom is 0.0830 e. The summed E-state index contributed by atoms with van der Waals surface area (Å²) in [5.74, 6) is 0. The highest BCUT2D eigenvalue weighted by molar-refractivity contribution is 9.10. The first kappa shape index (κ1) is 12.6. The molecule has 1 unspecified atom stereocenters. The normalized spacial score (nSPS) is 12.4. The van der Waals surface area contributed by atoms with Gasteiger partial charge in [-0.1, -0.05) is 39.7 Å². The molecule has 2 rings (SSSR count). The first-order valence-electron chi connectivity index (χ1n) is 5.19. The minimum Gasteiger partial charge on any atom is -0.388 e. The molecule has 0 bridgehead atoms. The highest BCUT2D eigenvalue weighted by atomic mass is 79.9. The SMILES string of the molecule is OC(Cc1ccncc1Cl)c1ccc(Br)cc1. The third kappa shape index (κ3) is 3.28.